The van der Waals surface area contributed by atoms with Crippen LogP contribution in [-0.2, 0) is 10.5 Å². The molecule has 114 valence electrons. The van der Waals surface area contributed by atoms with Crippen molar-refractivity contribution in [3.8, 4) is 0 Å². The zero-order chi connectivity index (χ0) is 15.5. The minimum absolute atomic E-state index is 0.0732. The number of carbonyl (C=O) groups excluding carboxylic acids is 1. The van der Waals surface area contributed by atoms with E-state index >= 15 is 0 Å². The van der Waals surface area contributed by atoms with Crippen LogP contribution in [-0.4, -0.2) is 21.7 Å². The van der Waals surface area contributed by atoms with Crippen molar-refractivity contribution in [3.05, 3.63) is 39.9 Å². The zero-order valence-electron chi connectivity index (χ0n) is 11.9. The summed E-state index contributed by atoms with van der Waals surface area (Å²) in [5.74, 6) is 0.416. The molecule has 3 rings (SSSR count). The Morgan fingerprint density at radius 3 is 2.73 bits per heavy atom. The molecule has 1 fully saturated rings. The highest BCUT2D eigenvalue weighted by Crippen LogP contribution is 2.28. The third kappa shape index (κ3) is 3.24. The molecule has 0 N–H and O–H groups in total. The molecule has 22 heavy (non-hydrogen) atoms. The number of rotatable bonds is 3. The van der Waals surface area contributed by atoms with Crippen LogP contribution in [0.15, 0.2) is 34.3 Å². The SMILES string of the molecule is O=C1N=C(SCc2ccc([N+](=O)[O-])cc2)N=C2CCCCC12. The van der Waals surface area contributed by atoms with Crippen molar-refractivity contribution in [1.29, 1.82) is 0 Å². The number of nitrogens with zero attached hydrogens (tertiary/aromatic N) is 3. The first-order valence-electron chi connectivity index (χ1n) is 7.19. The maximum Gasteiger partial charge on any atom is 0.269 e. The van der Waals surface area contributed by atoms with Crippen molar-refractivity contribution in [1.82, 2.24) is 0 Å². The number of thioether (sulfide) groups is 1. The number of amides is 1. The van der Waals surface area contributed by atoms with Crippen LogP contribution in [0.4, 0.5) is 5.69 Å². The number of hydrogen-bond acceptors (Lipinski definition) is 5. The van der Waals surface area contributed by atoms with Crippen LogP contribution in [0, 0.1) is 16.0 Å². The number of nitro benzene ring substituents is 1. The lowest BCUT2D eigenvalue weighted by molar-refractivity contribution is -0.384. The summed E-state index contributed by atoms with van der Waals surface area (Å²) in [6.07, 6.45) is 3.90. The molecule has 1 unspecified atom stereocenters. The number of fused-ring (bicyclic) bond motifs is 1. The maximum atomic E-state index is 12.0. The van der Waals surface area contributed by atoms with E-state index < -0.39 is 4.92 Å². The molecule has 6 nitrogen and oxygen atoms in total. The maximum absolute atomic E-state index is 12.0. The zero-order valence-corrected chi connectivity index (χ0v) is 12.7. The minimum Gasteiger partial charge on any atom is -0.272 e. The number of nitro groups is 1. The Balaban J connectivity index is 1.65. The van der Waals surface area contributed by atoms with Crippen molar-refractivity contribution >= 4 is 34.2 Å². The lowest BCUT2D eigenvalue weighted by Gasteiger charge is -2.24. The highest BCUT2D eigenvalue weighted by molar-refractivity contribution is 8.13. The van der Waals surface area contributed by atoms with Gasteiger partial charge in [0.05, 0.1) is 10.8 Å². The van der Waals surface area contributed by atoms with E-state index in [9.17, 15) is 14.9 Å². The summed E-state index contributed by atoms with van der Waals surface area (Å²) >= 11 is 1.40. The molecule has 0 radical (unpaired) electrons. The van der Waals surface area contributed by atoms with Crippen LogP contribution in [0.2, 0.25) is 0 Å². The Morgan fingerprint density at radius 1 is 1.23 bits per heavy atom. The van der Waals surface area contributed by atoms with Crippen LogP contribution in [0.5, 0.6) is 0 Å². The van der Waals surface area contributed by atoms with E-state index in [0.29, 0.717) is 10.9 Å². The van der Waals surface area contributed by atoms with Gasteiger partial charge in [0.2, 0.25) is 0 Å². The molecular formula is C15H15N3O3S. The molecule has 1 aromatic carbocycles. The molecule has 1 atom stereocenters. The number of aliphatic imine (C=N–C) groups is 2. The molecule has 1 heterocycles. The van der Waals surface area contributed by atoms with Gasteiger partial charge >= 0.3 is 0 Å². The van der Waals surface area contributed by atoms with Gasteiger partial charge in [-0.15, -0.1) is 0 Å². The van der Waals surface area contributed by atoms with E-state index in [4.69, 9.17) is 0 Å². The van der Waals surface area contributed by atoms with Crippen molar-refractivity contribution in [2.24, 2.45) is 15.9 Å². The van der Waals surface area contributed by atoms with Gasteiger partial charge in [0.25, 0.3) is 11.6 Å². The van der Waals surface area contributed by atoms with E-state index in [1.165, 1.54) is 23.9 Å². The Bertz CT molecular complexity index is 667. The van der Waals surface area contributed by atoms with Gasteiger partial charge in [-0.1, -0.05) is 30.3 Å². The lowest BCUT2D eigenvalue weighted by Crippen LogP contribution is -2.30. The van der Waals surface area contributed by atoms with E-state index in [1.54, 1.807) is 12.1 Å². The first kappa shape index (κ1) is 14.9. The summed E-state index contributed by atoms with van der Waals surface area (Å²) < 4.78 is 0. The second-order valence-electron chi connectivity index (χ2n) is 5.35. The highest BCUT2D eigenvalue weighted by atomic mass is 32.2. The molecule has 0 spiro atoms. The van der Waals surface area contributed by atoms with Crippen LogP contribution in [0.1, 0.15) is 31.2 Å². The third-order valence-corrected chi connectivity index (χ3v) is 4.75. The van der Waals surface area contributed by atoms with Crippen LogP contribution < -0.4 is 0 Å². The molecule has 1 aliphatic carbocycles. The Labute approximate surface area is 131 Å². The van der Waals surface area contributed by atoms with Gasteiger partial charge in [-0.05, 0) is 24.8 Å². The standard InChI is InChI=1S/C15H15N3O3S/c19-14-12-3-1-2-4-13(12)16-15(17-14)22-9-10-5-7-11(8-6-10)18(20)21/h5-8,12H,1-4,9H2. The molecule has 1 amide bonds. The summed E-state index contributed by atoms with van der Waals surface area (Å²) in [6.45, 7) is 0. The van der Waals surface area contributed by atoms with Gasteiger partial charge in [-0.3, -0.25) is 14.9 Å². The van der Waals surface area contributed by atoms with Crippen molar-refractivity contribution in [2.75, 3.05) is 0 Å². The van der Waals surface area contributed by atoms with Gasteiger partial charge in [0.15, 0.2) is 5.17 Å². The molecule has 0 bridgehead atoms. The monoisotopic (exact) mass is 317 g/mol. The summed E-state index contributed by atoms with van der Waals surface area (Å²) in [5.41, 5.74) is 1.98. The highest BCUT2D eigenvalue weighted by Gasteiger charge is 2.30. The second kappa shape index (κ2) is 6.39. The van der Waals surface area contributed by atoms with Crippen LogP contribution in [0.3, 0.4) is 0 Å². The fourth-order valence-corrected chi connectivity index (χ4v) is 3.47. The number of hydrogen-bond donors (Lipinski definition) is 0. The fourth-order valence-electron chi connectivity index (χ4n) is 2.64. The smallest absolute Gasteiger partial charge is 0.269 e. The van der Waals surface area contributed by atoms with Gasteiger partial charge in [-0.25, -0.2) is 4.99 Å². The Morgan fingerprint density at radius 2 is 2.00 bits per heavy atom. The molecular weight excluding hydrogens is 302 g/mol. The van der Waals surface area contributed by atoms with Gasteiger partial charge in [-0.2, -0.15) is 4.99 Å². The van der Waals surface area contributed by atoms with Crippen molar-refractivity contribution < 1.29 is 9.72 Å². The molecule has 7 heteroatoms. The largest absolute Gasteiger partial charge is 0.272 e. The topological polar surface area (TPSA) is 84.9 Å². The predicted molar refractivity (Wildman–Crippen MR) is 86.2 cm³/mol. The average molecular weight is 317 g/mol. The third-order valence-electron chi connectivity index (χ3n) is 3.84. The average Bonchev–Trinajstić information content (AvgIpc) is 2.53. The minimum atomic E-state index is -0.421. The van der Waals surface area contributed by atoms with Crippen LogP contribution in [0.25, 0.3) is 0 Å². The fraction of sp³-hybridized carbons (Fsp3) is 0.400. The number of benzene rings is 1. The van der Waals surface area contributed by atoms with Crippen molar-refractivity contribution in [2.45, 2.75) is 31.4 Å². The normalized spacial score (nSPS) is 20.9. The van der Waals surface area contributed by atoms with Crippen molar-refractivity contribution in [3.63, 3.8) is 0 Å². The van der Waals surface area contributed by atoms with E-state index in [0.717, 1.165) is 37.0 Å². The lowest BCUT2D eigenvalue weighted by atomic mass is 9.86. The van der Waals surface area contributed by atoms with Gasteiger partial charge < -0.3 is 0 Å². The molecule has 0 aromatic heterocycles. The number of non-ortho nitro benzene ring substituents is 1. The van der Waals surface area contributed by atoms with Gasteiger partial charge in [0.1, 0.15) is 0 Å². The van der Waals surface area contributed by atoms with E-state index in [1.807, 2.05) is 0 Å². The molecule has 0 saturated heterocycles. The molecule has 1 aliphatic heterocycles. The molecule has 1 aromatic rings. The van der Waals surface area contributed by atoms with E-state index in [2.05, 4.69) is 9.98 Å². The quantitative estimate of drug-likeness (QED) is 0.632. The molecule has 2 aliphatic rings. The summed E-state index contributed by atoms with van der Waals surface area (Å²) in [6, 6.07) is 6.39. The Kier molecular flexibility index (Phi) is 4.33. The number of amidine groups is 1. The Hall–Kier alpha value is -2.02. The summed E-state index contributed by atoms with van der Waals surface area (Å²) in [4.78, 5) is 30.8. The molecule has 1 saturated carbocycles. The first-order valence-corrected chi connectivity index (χ1v) is 8.18. The predicted octanol–water partition coefficient (Wildman–Crippen LogP) is 3.36. The summed E-state index contributed by atoms with van der Waals surface area (Å²) in [5, 5.41) is 11.1. The van der Waals surface area contributed by atoms with Crippen LogP contribution >= 0.6 is 11.8 Å². The summed E-state index contributed by atoms with van der Waals surface area (Å²) in [7, 11) is 0. The van der Waals surface area contributed by atoms with Gasteiger partial charge in [0, 0.05) is 23.6 Å². The first-order chi connectivity index (χ1) is 10.6. The van der Waals surface area contributed by atoms with E-state index in [-0.39, 0.29) is 17.5 Å². The second-order valence-corrected chi connectivity index (χ2v) is 6.29. The number of carbonyl (C=O) groups is 1.